The number of carbonyl (C=O) groups is 4. The van der Waals surface area contributed by atoms with E-state index in [1.54, 1.807) is 0 Å². The Hall–Kier alpha value is -2.97. The standard InChI is InChI=1S/C18H36N8O6/c1-10(20)14(28)26-13(9-27)16(30)24-11(6-4-8-23-18(21)22)15(29)25-12(17(31)32)5-2-3-7-19/h10-13,27H,2-9,19-20H2,1H3,(H,24,30)(H,25,29)(H,26,28)(H,31,32)(H4,21,22,23). The van der Waals surface area contributed by atoms with E-state index in [1.165, 1.54) is 6.92 Å². The van der Waals surface area contributed by atoms with Gasteiger partial charge in [-0.25, -0.2) is 4.79 Å². The molecular weight excluding hydrogens is 424 g/mol. The van der Waals surface area contributed by atoms with Crippen LogP contribution in [-0.4, -0.2) is 83.7 Å². The summed E-state index contributed by atoms with van der Waals surface area (Å²) in [5, 5.41) is 25.9. The minimum absolute atomic E-state index is 0.0723. The van der Waals surface area contributed by atoms with Gasteiger partial charge in [-0.3, -0.25) is 19.4 Å². The zero-order valence-electron chi connectivity index (χ0n) is 18.3. The molecule has 0 rings (SSSR count). The lowest BCUT2D eigenvalue weighted by Crippen LogP contribution is -2.57. The van der Waals surface area contributed by atoms with Gasteiger partial charge in [-0.2, -0.15) is 0 Å². The van der Waals surface area contributed by atoms with Crippen LogP contribution in [0.4, 0.5) is 0 Å². The number of aliphatic imine (C=N–C) groups is 1. The molecule has 4 atom stereocenters. The van der Waals surface area contributed by atoms with Crippen LogP contribution in [0.25, 0.3) is 0 Å². The summed E-state index contributed by atoms with van der Waals surface area (Å²) in [6, 6.07) is -4.59. The van der Waals surface area contributed by atoms with E-state index in [1.807, 2.05) is 0 Å². The number of nitrogens with one attached hydrogen (secondary N) is 3. The molecule has 184 valence electrons. The Morgan fingerprint density at radius 3 is 1.91 bits per heavy atom. The van der Waals surface area contributed by atoms with Crippen molar-refractivity contribution >= 4 is 29.7 Å². The third-order valence-electron chi connectivity index (χ3n) is 4.37. The van der Waals surface area contributed by atoms with Crippen LogP contribution in [0, 0.1) is 0 Å². The molecule has 0 aromatic heterocycles. The molecule has 0 bridgehead atoms. The van der Waals surface area contributed by atoms with Gasteiger partial charge in [-0.05, 0) is 45.6 Å². The highest BCUT2D eigenvalue weighted by Gasteiger charge is 2.29. The molecule has 3 amide bonds. The number of carboxylic acids is 1. The Balaban J connectivity index is 5.30. The van der Waals surface area contributed by atoms with Gasteiger partial charge < -0.3 is 49.1 Å². The molecule has 4 unspecified atom stereocenters. The second-order valence-electron chi connectivity index (χ2n) is 7.23. The van der Waals surface area contributed by atoms with E-state index in [4.69, 9.17) is 22.9 Å². The predicted molar refractivity (Wildman–Crippen MR) is 117 cm³/mol. The van der Waals surface area contributed by atoms with Crippen molar-refractivity contribution < 1.29 is 29.4 Å². The van der Waals surface area contributed by atoms with Crippen molar-refractivity contribution in [3.63, 3.8) is 0 Å². The van der Waals surface area contributed by atoms with E-state index >= 15 is 0 Å². The third kappa shape index (κ3) is 12.0. The number of carboxylic acid groups (broad SMARTS) is 1. The fourth-order valence-corrected chi connectivity index (χ4v) is 2.56. The van der Waals surface area contributed by atoms with Crippen LogP contribution in [-0.2, 0) is 19.2 Å². The topological polar surface area (TPSA) is 261 Å². The molecule has 14 nitrogen and oxygen atoms in total. The number of rotatable bonds is 16. The number of aliphatic carboxylic acids is 1. The lowest BCUT2D eigenvalue weighted by molar-refractivity contribution is -0.142. The van der Waals surface area contributed by atoms with Gasteiger partial charge in [0.2, 0.25) is 17.7 Å². The van der Waals surface area contributed by atoms with Crippen LogP contribution in [0.5, 0.6) is 0 Å². The third-order valence-corrected chi connectivity index (χ3v) is 4.37. The summed E-state index contributed by atoms with van der Waals surface area (Å²) in [5.41, 5.74) is 21.4. The van der Waals surface area contributed by atoms with Crippen LogP contribution in [0.3, 0.4) is 0 Å². The Morgan fingerprint density at radius 2 is 1.41 bits per heavy atom. The summed E-state index contributed by atoms with van der Waals surface area (Å²) < 4.78 is 0. The van der Waals surface area contributed by atoms with Crippen molar-refractivity contribution in [2.24, 2.45) is 27.9 Å². The lowest BCUT2D eigenvalue weighted by atomic mass is 10.1. The first-order chi connectivity index (χ1) is 15.0. The quantitative estimate of drug-likeness (QED) is 0.0612. The number of carbonyl (C=O) groups excluding carboxylic acids is 3. The summed E-state index contributed by atoms with van der Waals surface area (Å²) in [7, 11) is 0. The Kier molecular flexibility index (Phi) is 14.3. The number of guanidine groups is 1. The van der Waals surface area contributed by atoms with Crippen LogP contribution in [0.2, 0.25) is 0 Å². The van der Waals surface area contributed by atoms with Crippen molar-refractivity contribution in [3.8, 4) is 0 Å². The van der Waals surface area contributed by atoms with Gasteiger partial charge in [0.15, 0.2) is 5.96 Å². The number of amides is 3. The molecule has 0 radical (unpaired) electrons. The monoisotopic (exact) mass is 460 g/mol. The van der Waals surface area contributed by atoms with E-state index in [2.05, 4.69) is 20.9 Å². The maximum Gasteiger partial charge on any atom is 0.326 e. The van der Waals surface area contributed by atoms with Crippen molar-refractivity contribution in [2.75, 3.05) is 19.7 Å². The smallest absolute Gasteiger partial charge is 0.326 e. The van der Waals surface area contributed by atoms with Crippen molar-refractivity contribution in [2.45, 2.75) is 63.2 Å². The zero-order valence-corrected chi connectivity index (χ0v) is 18.3. The zero-order chi connectivity index (χ0) is 24.7. The molecule has 0 aromatic carbocycles. The van der Waals surface area contributed by atoms with Gasteiger partial charge in [0.05, 0.1) is 12.6 Å². The van der Waals surface area contributed by atoms with Crippen LogP contribution in [0.1, 0.15) is 39.0 Å². The van der Waals surface area contributed by atoms with Crippen LogP contribution >= 0.6 is 0 Å². The fraction of sp³-hybridized carbons (Fsp3) is 0.722. The van der Waals surface area contributed by atoms with Crippen LogP contribution < -0.4 is 38.9 Å². The second-order valence-corrected chi connectivity index (χ2v) is 7.23. The van der Waals surface area contributed by atoms with E-state index in [9.17, 15) is 29.4 Å². The predicted octanol–water partition coefficient (Wildman–Crippen LogP) is -3.95. The maximum atomic E-state index is 12.7. The molecule has 0 heterocycles. The van der Waals surface area contributed by atoms with E-state index in [0.717, 1.165) is 0 Å². The summed E-state index contributed by atoms with van der Waals surface area (Å²) in [6.45, 7) is 1.23. The Morgan fingerprint density at radius 1 is 0.875 bits per heavy atom. The van der Waals surface area contributed by atoms with E-state index < -0.39 is 54.5 Å². The Labute approximate surface area is 186 Å². The number of nitrogens with zero attached hydrogens (tertiary/aromatic N) is 1. The summed E-state index contributed by atoms with van der Waals surface area (Å²) in [5.74, 6) is -3.60. The molecule has 0 aliphatic rings. The lowest BCUT2D eigenvalue weighted by Gasteiger charge is -2.24. The molecule has 0 aromatic rings. The Bertz CT molecular complexity index is 653. The van der Waals surface area contributed by atoms with Crippen molar-refractivity contribution in [1.29, 1.82) is 0 Å². The van der Waals surface area contributed by atoms with Gasteiger partial charge in [0.25, 0.3) is 0 Å². The number of aliphatic hydroxyl groups excluding tert-OH is 1. The second kappa shape index (κ2) is 15.8. The molecule has 0 saturated carbocycles. The molecular formula is C18H36N8O6. The summed E-state index contributed by atoms with van der Waals surface area (Å²) in [4.78, 5) is 52.3. The largest absolute Gasteiger partial charge is 0.480 e. The van der Waals surface area contributed by atoms with E-state index in [0.29, 0.717) is 19.4 Å². The van der Waals surface area contributed by atoms with Gasteiger partial charge in [-0.1, -0.05) is 0 Å². The van der Waals surface area contributed by atoms with E-state index in [-0.39, 0.29) is 31.8 Å². The first-order valence-corrected chi connectivity index (χ1v) is 10.3. The highest BCUT2D eigenvalue weighted by Crippen LogP contribution is 2.05. The van der Waals surface area contributed by atoms with Crippen LogP contribution in [0.15, 0.2) is 4.99 Å². The number of unbranched alkanes of at least 4 members (excludes halogenated alkanes) is 1. The van der Waals surface area contributed by atoms with Gasteiger partial charge >= 0.3 is 5.97 Å². The maximum absolute atomic E-state index is 12.7. The summed E-state index contributed by atoms with van der Waals surface area (Å²) >= 11 is 0. The minimum atomic E-state index is -1.35. The molecule has 32 heavy (non-hydrogen) atoms. The fourth-order valence-electron chi connectivity index (χ4n) is 2.56. The molecule has 0 fully saturated rings. The molecule has 0 saturated heterocycles. The number of hydrogen-bond donors (Lipinski definition) is 9. The van der Waals surface area contributed by atoms with Gasteiger partial charge in [0, 0.05) is 6.54 Å². The first kappa shape index (κ1) is 29.0. The van der Waals surface area contributed by atoms with Gasteiger partial charge in [-0.15, -0.1) is 0 Å². The minimum Gasteiger partial charge on any atom is -0.480 e. The van der Waals surface area contributed by atoms with Gasteiger partial charge in [0.1, 0.15) is 18.1 Å². The molecule has 0 aliphatic heterocycles. The average Bonchev–Trinajstić information content (AvgIpc) is 2.72. The molecule has 14 heteroatoms. The molecule has 0 aliphatic carbocycles. The number of nitrogens with two attached hydrogens (primary N) is 4. The normalized spacial score (nSPS) is 14.4. The molecule has 13 N–H and O–H groups in total. The SMILES string of the molecule is CC(N)C(=O)NC(CO)C(=O)NC(CCCN=C(N)N)C(=O)NC(CCCCN)C(=O)O. The number of hydrogen-bond acceptors (Lipinski definition) is 8. The highest BCUT2D eigenvalue weighted by molar-refractivity contribution is 5.94. The highest BCUT2D eigenvalue weighted by atomic mass is 16.4. The average molecular weight is 461 g/mol. The number of aliphatic hydroxyl groups is 1. The first-order valence-electron chi connectivity index (χ1n) is 10.3. The summed E-state index contributed by atoms with van der Waals surface area (Å²) in [6.07, 6.45) is 1.61. The van der Waals surface area contributed by atoms with Crippen molar-refractivity contribution in [1.82, 2.24) is 16.0 Å². The van der Waals surface area contributed by atoms with Crippen molar-refractivity contribution in [3.05, 3.63) is 0 Å². The molecule has 0 spiro atoms.